The van der Waals surface area contributed by atoms with E-state index in [0.717, 1.165) is 26.1 Å². The number of hydrogen-bond acceptors (Lipinski definition) is 4. The molecule has 0 aromatic carbocycles. The standard InChI is InChI=1S/C10H23O4P.Y/c1-4-12-8-6-7-10(9-13-5-2)14-15(3)11;/h10,15H,4-9H2,1-3H3;. The molecule has 2 atom stereocenters. The van der Waals surface area contributed by atoms with Gasteiger partial charge in [-0.15, -0.1) is 0 Å². The Morgan fingerprint density at radius 3 is 2.31 bits per heavy atom. The molecule has 6 heteroatoms. The van der Waals surface area contributed by atoms with Crippen LogP contribution in [0.3, 0.4) is 0 Å². The van der Waals surface area contributed by atoms with Crippen LogP contribution in [0.25, 0.3) is 0 Å². The molecule has 0 rings (SSSR count). The first-order chi connectivity index (χ1) is 7.20. The van der Waals surface area contributed by atoms with Crippen molar-refractivity contribution in [2.24, 2.45) is 0 Å². The van der Waals surface area contributed by atoms with Crippen molar-refractivity contribution < 1.29 is 51.3 Å². The first-order valence-corrected chi connectivity index (χ1v) is 7.35. The predicted octanol–water partition coefficient (Wildman–Crippen LogP) is 2.33. The van der Waals surface area contributed by atoms with Crippen LogP contribution >= 0.6 is 8.03 Å². The van der Waals surface area contributed by atoms with E-state index in [0.29, 0.717) is 13.2 Å². The summed E-state index contributed by atoms with van der Waals surface area (Å²) in [5.41, 5.74) is 0. The van der Waals surface area contributed by atoms with Crippen molar-refractivity contribution in [2.45, 2.75) is 32.8 Å². The quantitative estimate of drug-likeness (QED) is 0.456. The van der Waals surface area contributed by atoms with Crippen LogP contribution in [-0.2, 0) is 51.3 Å². The second-order valence-electron chi connectivity index (χ2n) is 3.23. The molecule has 0 bridgehead atoms. The second-order valence-corrected chi connectivity index (χ2v) is 4.45. The van der Waals surface area contributed by atoms with Gasteiger partial charge in [0.15, 0.2) is 8.03 Å². The summed E-state index contributed by atoms with van der Waals surface area (Å²) in [5, 5.41) is 0. The summed E-state index contributed by atoms with van der Waals surface area (Å²) in [4.78, 5) is 0. The van der Waals surface area contributed by atoms with E-state index in [2.05, 4.69) is 0 Å². The van der Waals surface area contributed by atoms with Crippen molar-refractivity contribution in [3.63, 3.8) is 0 Å². The maximum absolute atomic E-state index is 11.0. The van der Waals surface area contributed by atoms with E-state index in [1.165, 1.54) is 0 Å². The number of hydrogen-bond donors (Lipinski definition) is 0. The molecule has 0 amide bonds. The van der Waals surface area contributed by atoms with E-state index >= 15 is 0 Å². The molecule has 95 valence electrons. The first-order valence-electron chi connectivity index (χ1n) is 5.53. The first kappa shape index (κ1) is 19.6. The largest absolute Gasteiger partial charge is 0.382 e. The molecule has 0 N–H and O–H groups in total. The Hall–Kier alpha value is 1.21. The summed E-state index contributed by atoms with van der Waals surface area (Å²) in [7, 11) is -1.88. The van der Waals surface area contributed by atoms with Crippen LogP contribution in [0.15, 0.2) is 0 Å². The Morgan fingerprint density at radius 1 is 1.19 bits per heavy atom. The molecule has 2 unspecified atom stereocenters. The van der Waals surface area contributed by atoms with Gasteiger partial charge in [-0.2, -0.15) is 0 Å². The average molecular weight is 327 g/mol. The van der Waals surface area contributed by atoms with Gasteiger partial charge in [-0.3, -0.25) is 4.57 Å². The van der Waals surface area contributed by atoms with Crippen LogP contribution < -0.4 is 0 Å². The van der Waals surface area contributed by atoms with Gasteiger partial charge in [0.2, 0.25) is 0 Å². The zero-order chi connectivity index (χ0) is 11.5. The minimum Gasteiger partial charge on any atom is -0.382 e. The third kappa shape index (κ3) is 13.3. The molecule has 4 nitrogen and oxygen atoms in total. The van der Waals surface area contributed by atoms with Gasteiger partial charge in [-0.25, -0.2) is 0 Å². The van der Waals surface area contributed by atoms with Gasteiger partial charge in [-0.1, -0.05) is 0 Å². The van der Waals surface area contributed by atoms with Crippen molar-refractivity contribution in [3.8, 4) is 0 Å². The van der Waals surface area contributed by atoms with Gasteiger partial charge < -0.3 is 14.0 Å². The molecule has 0 aliphatic heterocycles. The van der Waals surface area contributed by atoms with Gasteiger partial charge in [0.25, 0.3) is 0 Å². The Bertz CT molecular complexity index is 169. The normalized spacial score (nSPS) is 14.2. The van der Waals surface area contributed by atoms with E-state index in [1.807, 2.05) is 13.8 Å². The molecule has 0 spiro atoms. The maximum Gasteiger partial charge on any atom is 0.188 e. The molecule has 0 fully saturated rings. The zero-order valence-corrected chi connectivity index (χ0v) is 14.4. The molecule has 0 aliphatic rings. The molecule has 0 saturated carbocycles. The van der Waals surface area contributed by atoms with E-state index < -0.39 is 8.03 Å². The maximum atomic E-state index is 11.0. The summed E-state index contributed by atoms with van der Waals surface area (Å²) in [6.45, 7) is 8.16. The van der Waals surface area contributed by atoms with Gasteiger partial charge in [0.1, 0.15) is 0 Å². The molecular formula is C10H23O4PY. The van der Waals surface area contributed by atoms with E-state index in [1.54, 1.807) is 6.66 Å². The monoisotopic (exact) mass is 327 g/mol. The summed E-state index contributed by atoms with van der Waals surface area (Å²) in [6.07, 6.45) is 1.70. The molecule has 0 aliphatic carbocycles. The molecule has 0 aromatic heterocycles. The van der Waals surface area contributed by atoms with Crippen LogP contribution in [-0.4, -0.2) is 39.2 Å². The van der Waals surface area contributed by atoms with Gasteiger partial charge in [0.05, 0.1) is 12.7 Å². The average Bonchev–Trinajstić information content (AvgIpc) is 2.19. The fourth-order valence-corrected chi connectivity index (χ4v) is 1.87. The minimum absolute atomic E-state index is 0. The van der Waals surface area contributed by atoms with Crippen molar-refractivity contribution >= 4 is 8.03 Å². The summed E-state index contributed by atoms with van der Waals surface area (Å²) in [5.74, 6) is 0. The molecule has 0 saturated heterocycles. The smallest absolute Gasteiger partial charge is 0.188 e. The second kappa shape index (κ2) is 14.3. The van der Waals surface area contributed by atoms with Crippen molar-refractivity contribution in [1.82, 2.24) is 0 Å². The topological polar surface area (TPSA) is 44.8 Å². The van der Waals surface area contributed by atoms with Crippen molar-refractivity contribution in [2.75, 3.05) is 33.1 Å². The van der Waals surface area contributed by atoms with Crippen LogP contribution in [0.1, 0.15) is 26.7 Å². The SMILES string of the molecule is CCOCCCC(COCC)O[PH](C)=O.[Y]. The van der Waals surface area contributed by atoms with Crippen LogP contribution in [0.2, 0.25) is 0 Å². The van der Waals surface area contributed by atoms with E-state index in [-0.39, 0.29) is 38.8 Å². The summed E-state index contributed by atoms with van der Waals surface area (Å²) >= 11 is 0. The van der Waals surface area contributed by atoms with Crippen molar-refractivity contribution in [3.05, 3.63) is 0 Å². The summed E-state index contributed by atoms with van der Waals surface area (Å²) < 4.78 is 26.8. The van der Waals surface area contributed by atoms with Gasteiger partial charge in [-0.05, 0) is 26.7 Å². The molecule has 16 heavy (non-hydrogen) atoms. The molecule has 1 radical (unpaired) electrons. The Labute approximate surface area is 125 Å². The Kier molecular flexibility index (Phi) is 17.4. The fraction of sp³-hybridized carbons (Fsp3) is 1.00. The number of ether oxygens (including phenoxy) is 2. The van der Waals surface area contributed by atoms with Gasteiger partial charge >= 0.3 is 0 Å². The van der Waals surface area contributed by atoms with Gasteiger partial charge in [0, 0.05) is 59.2 Å². The third-order valence-corrected chi connectivity index (χ3v) is 2.52. The number of rotatable bonds is 10. The van der Waals surface area contributed by atoms with E-state index in [4.69, 9.17) is 14.0 Å². The van der Waals surface area contributed by atoms with Crippen molar-refractivity contribution in [1.29, 1.82) is 0 Å². The Balaban J connectivity index is 0. The fourth-order valence-electron chi connectivity index (χ4n) is 1.22. The Morgan fingerprint density at radius 2 is 1.81 bits per heavy atom. The zero-order valence-electron chi connectivity index (χ0n) is 10.5. The third-order valence-electron chi connectivity index (χ3n) is 1.86. The van der Waals surface area contributed by atoms with Crippen LogP contribution in [0, 0.1) is 0 Å². The summed E-state index contributed by atoms with van der Waals surface area (Å²) in [6, 6.07) is 0. The molecular weight excluding hydrogens is 304 g/mol. The minimum atomic E-state index is -1.88. The predicted molar refractivity (Wildman–Crippen MR) is 62.0 cm³/mol. The molecule has 0 aromatic rings. The molecule has 0 heterocycles. The van der Waals surface area contributed by atoms with Crippen LogP contribution in [0.5, 0.6) is 0 Å². The van der Waals surface area contributed by atoms with E-state index in [9.17, 15) is 4.57 Å². The van der Waals surface area contributed by atoms with Crippen LogP contribution in [0.4, 0.5) is 0 Å².